The van der Waals surface area contributed by atoms with Crippen molar-refractivity contribution in [1.29, 1.82) is 0 Å². The fourth-order valence-corrected chi connectivity index (χ4v) is 5.04. The van der Waals surface area contributed by atoms with Crippen LogP contribution in [0.15, 0.2) is 72.4 Å². The van der Waals surface area contributed by atoms with Gasteiger partial charge in [-0.3, -0.25) is 9.69 Å². The lowest BCUT2D eigenvalue weighted by atomic mass is 10.0. The number of amides is 3. The van der Waals surface area contributed by atoms with E-state index in [2.05, 4.69) is 10.6 Å². The third-order valence-corrected chi connectivity index (χ3v) is 6.60. The first-order valence-corrected chi connectivity index (χ1v) is 11.6. The molecule has 1 fully saturated rings. The molecule has 2 aliphatic heterocycles. The molecule has 3 atom stereocenters. The maximum atomic E-state index is 13.3. The summed E-state index contributed by atoms with van der Waals surface area (Å²) in [7, 11) is 0. The number of hydrogen-bond acceptors (Lipinski definition) is 6. The second kappa shape index (κ2) is 9.68. The number of hydrogen-bond donors (Lipinski definition) is 3. The molecule has 0 spiro atoms. The van der Waals surface area contributed by atoms with Crippen LogP contribution in [0.25, 0.3) is 0 Å². The smallest absolute Gasteiger partial charge is 0.355 e. The van der Waals surface area contributed by atoms with Crippen LogP contribution < -0.4 is 16.4 Å². The normalized spacial score (nSPS) is 21.7. The summed E-state index contributed by atoms with van der Waals surface area (Å²) in [5.74, 6) is -1.01. The van der Waals surface area contributed by atoms with Gasteiger partial charge in [-0.25, -0.2) is 9.59 Å². The van der Waals surface area contributed by atoms with Crippen LogP contribution in [0.4, 0.5) is 4.79 Å². The molecule has 2 aliphatic rings. The molecule has 9 heteroatoms. The average Bonchev–Trinajstić information content (AvgIpc) is 2.82. The Morgan fingerprint density at radius 1 is 1.03 bits per heavy atom. The Morgan fingerprint density at radius 2 is 1.61 bits per heavy atom. The van der Waals surface area contributed by atoms with Crippen molar-refractivity contribution in [3.63, 3.8) is 0 Å². The minimum atomic E-state index is -0.747. The molecule has 0 aromatic heterocycles. The van der Waals surface area contributed by atoms with Crippen molar-refractivity contribution in [2.75, 3.05) is 0 Å². The third-order valence-electron chi connectivity index (χ3n) is 5.27. The highest BCUT2D eigenvalue weighted by atomic mass is 32.2. The van der Waals surface area contributed by atoms with E-state index in [1.165, 1.54) is 16.7 Å². The molecule has 0 saturated carbocycles. The zero-order valence-electron chi connectivity index (χ0n) is 18.3. The topological polar surface area (TPSA) is 114 Å². The van der Waals surface area contributed by atoms with E-state index >= 15 is 0 Å². The molecule has 4 rings (SSSR count). The van der Waals surface area contributed by atoms with E-state index in [0.717, 1.165) is 11.1 Å². The average molecular weight is 467 g/mol. The number of rotatable bonds is 6. The SMILES string of the molecule is CC(C)NC(=O)NC1C=C(C(=O)OC(c2ccccc2)c2ccccc2)N2C(=O)C(N)[C@H]2S1. The van der Waals surface area contributed by atoms with Gasteiger partial charge >= 0.3 is 12.0 Å². The van der Waals surface area contributed by atoms with E-state index in [0.29, 0.717) is 0 Å². The van der Waals surface area contributed by atoms with Crippen LogP contribution in [0.3, 0.4) is 0 Å². The lowest BCUT2D eigenvalue weighted by Gasteiger charge is -2.48. The maximum absolute atomic E-state index is 13.3. The molecular weight excluding hydrogens is 440 g/mol. The van der Waals surface area contributed by atoms with Gasteiger partial charge in [-0.05, 0) is 31.1 Å². The quantitative estimate of drug-likeness (QED) is 0.445. The van der Waals surface area contributed by atoms with Gasteiger partial charge in [0.15, 0.2) is 6.10 Å². The number of nitrogens with one attached hydrogen (secondary N) is 2. The summed E-state index contributed by atoms with van der Waals surface area (Å²) in [6, 6.07) is 17.6. The predicted molar refractivity (Wildman–Crippen MR) is 126 cm³/mol. The largest absolute Gasteiger partial charge is 0.448 e. The number of carbonyl (C=O) groups is 3. The minimum absolute atomic E-state index is 0.0476. The van der Waals surface area contributed by atoms with Gasteiger partial charge < -0.3 is 21.1 Å². The van der Waals surface area contributed by atoms with Crippen molar-refractivity contribution >= 4 is 29.7 Å². The second-order valence-electron chi connectivity index (χ2n) is 8.11. The molecule has 0 bridgehead atoms. The summed E-state index contributed by atoms with van der Waals surface area (Å²) in [4.78, 5) is 39.3. The number of urea groups is 1. The van der Waals surface area contributed by atoms with Crippen molar-refractivity contribution < 1.29 is 19.1 Å². The molecule has 0 radical (unpaired) electrons. The number of esters is 1. The van der Waals surface area contributed by atoms with Crippen molar-refractivity contribution in [2.24, 2.45) is 5.73 Å². The number of fused-ring (bicyclic) bond motifs is 1. The highest BCUT2D eigenvalue weighted by Gasteiger charge is 2.52. The van der Waals surface area contributed by atoms with Crippen molar-refractivity contribution in [1.82, 2.24) is 15.5 Å². The highest BCUT2D eigenvalue weighted by Crippen LogP contribution is 2.40. The number of carbonyl (C=O) groups excluding carboxylic acids is 3. The Kier molecular flexibility index (Phi) is 6.71. The Balaban J connectivity index is 1.61. The third kappa shape index (κ3) is 4.89. The molecule has 2 aromatic carbocycles. The summed E-state index contributed by atoms with van der Waals surface area (Å²) in [5, 5.41) is 4.56. The van der Waals surface area contributed by atoms with Gasteiger partial charge in [0.2, 0.25) is 5.91 Å². The Labute approximate surface area is 196 Å². The van der Waals surface area contributed by atoms with Crippen LogP contribution in [0, 0.1) is 0 Å². The number of nitrogens with zero attached hydrogens (tertiary/aromatic N) is 1. The number of ether oxygens (including phenoxy) is 1. The molecule has 2 aromatic rings. The van der Waals surface area contributed by atoms with Crippen molar-refractivity contribution in [3.05, 3.63) is 83.6 Å². The number of β-lactam (4-membered cyclic amide) rings is 1. The fourth-order valence-electron chi connectivity index (χ4n) is 3.73. The standard InChI is InChI=1S/C24H26N4O4S/c1-14(2)26-24(31)27-18-13-17(28-21(29)19(25)22(28)33-18)23(30)32-20(15-9-5-3-6-10-15)16-11-7-4-8-12-16/h3-14,18-20,22H,25H2,1-2H3,(H2,26,27,31)/t18?,19?,22-/m1/s1. The van der Waals surface area contributed by atoms with Crippen LogP contribution in [0.2, 0.25) is 0 Å². The van der Waals surface area contributed by atoms with E-state index in [1.807, 2.05) is 74.5 Å². The summed E-state index contributed by atoms with van der Waals surface area (Å²) in [6.45, 7) is 3.70. The van der Waals surface area contributed by atoms with Crippen molar-refractivity contribution in [2.45, 2.75) is 42.8 Å². The van der Waals surface area contributed by atoms with Crippen LogP contribution >= 0.6 is 11.8 Å². The van der Waals surface area contributed by atoms with Gasteiger partial charge in [0.25, 0.3) is 0 Å². The molecular formula is C24H26N4O4S. The van der Waals surface area contributed by atoms with E-state index in [1.54, 1.807) is 6.08 Å². The van der Waals surface area contributed by atoms with E-state index in [-0.39, 0.29) is 23.7 Å². The molecule has 8 nitrogen and oxygen atoms in total. The van der Waals surface area contributed by atoms with Crippen LogP contribution in [-0.2, 0) is 14.3 Å². The van der Waals surface area contributed by atoms with Gasteiger partial charge in [-0.15, -0.1) is 11.8 Å². The fraction of sp³-hybridized carbons (Fsp3) is 0.292. The zero-order chi connectivity index (χ0) is 23.5. The molecule has 3 amide bonds. The van der Waals surface area contributed by atoms with Crippen LogP contribution in [0.1, 0.15) is 31.1 Å². The van der Waals surface area contributed by atoms with Gasteiger partial charge in [0, 0.05) is 6.04 Å². The first-order valence-electron chi connectivity index (χ1n) is 10.7. The summed E-state index contributed by atoms with van der Waals surface area (Å²) < 4.78 is 5.94. The Bertz CT molecular complexity index is 1020. The van der Waals surface area contributed by atoms with E-state index in [9.17, 15) is 14.4 Å². The molecule has 0 aliphatic carbocycles. The van der Waals surface area contributed by atoms with Gasteiger partial charge in [-0.1, -0.05) is 60.7 Å². The molecule has 4 N–H and O–H groups in total. The van der Waals surface area contributed by atoms with Crippen molar-refractivity contribution in [3.8, 4) is 0 Å². The number of thioether (sulfide) groups is 1. The molecule has 1 saturated heterocycles. The first kappa shape index (κ1) is 22.9. The molecule has 2 heterocycles. The maximum Gasteiger partial charge on any atom is 0.355 e. The summed E-state index contributed by atoms with van der Waals surface area (Å²) in [6.07, 6.45) is 0.884. The number of nitrogens with two attached hydrogens (primary N) is 1. The van der Waals surface area contributed by atoms with Crippen LogP contribution in [-0.4, -0.2) is 45.6 Å². The highest BCUT2D eigenvalue weighted by molar-refractivity contribution is 8.00. The minimum Gasteiger partial charge on any atom is -0.448 e. The second-order valence-corrected chi connectivity index (χ2v) is 9.38. The predicted octanol–water partition coefficient (Wildman–Crippen LogP) is 2.48. The van der Waals surface area contributed by atoms with Gasteiger partial charge in [0.05, 0.1) is 5.37 Å². The lowest BCUT2D eigenvalue weighted by molar-refractivity contribution is -0.153. The van der Waals surface area contributed by atoms with E-state index in [4.69, 9.17) is 10.5 Å². The van der Waals surface area contributed by atoms with E-state index < -0.39 is 28.9 Å². The molecule has 2 unspecified atom stereocenters. The Morgan fingerprint density at radius 3 is 2.15 bits per heavy atom. The first-order chi connectivity index (χ1) is 15.8. The summed E-state index contributed by atoms with van der Waals surface area (Å²) >= 11 is 1.31. The van der Waals surface area contributed by atoms with Gasteiger partial charge in [-0.2, -0.15) is 0 Å². The molecule has 33 heavy (non-hydrogen) atoms. The molecule has 172 valence electrons. The lowest BCUT2D eigenvalue weighted by Crippen LogP contribution is -2.69. The Hall–Kier alpha value is -3.30. The van der Waals surface area contributed by atoms with Gasteiger partial charge in [0.1, 0.15) is 17.1 Å². The monoisotopic (exact) mass is 466 g/mol. The zero-order valence-corrected chi connectivity index (χ0v) is 19.1. The summed E-state index contributed by atoms with van der Waals surface area (Å²) in [5.41, 5.74) is 7.66. The number of benzene rings is 2. The van der Waals surface area contributed by atoms with Crippen LogP contribution in [0.5, 0.6) is 0 Å².